The van der Waals surface area contributed by atoms with Crippen molar-refractivity contribution < 1.29 is 14.6 Å². The average Bonchev–Trinajstić information content (AvgIpc) is 2.86. The molecule has 0 fully saturated rings. The lowest BCUT2D eigenvalue weighted by Gasteiger charge is -2.25. The molecule has 4 N–H and O–H groups in total. The number of amides is 1. The summed E-state index contributed by atoms with van der Waals surface area (Å²) >= 11 is 0. The number of anilines is 1. The predicted molar refractivity (Wildman–Crippen MR) is 85.4 cm³/mol. The van der Waals surface area contributed by atoms with E-state index in [-0.39, 0.29) is 11.5 Å². The number of aliphatic hydroxyl groups excluding tert-OH is 1. The molecule has 23 heavy (non-hydrogen) atoms. The van der Waals surface area contributed by atoms with Crippen molar-refractivity contribution in [3.8, 4) is 5.88 Å². The van der Waals surface area contributed by atoms with E-state index < -0.39 is 17.8 Å². The molecule has 0 spiro atoms. The number of nitrogens with one attached hydrogen (secondary N) is 1. The number of carbonyl (C=O) groups excluding carboxylic acids is 1. The van der Waals surface area contributed by atoms with Crippen LogP contribution in [-0.2, 0) is 4.79 Å². The number of carbonyl (C=O) groups is 1. The highest BCUT2D eigenvalue weighted by Gasteiger charge is 2.37. The first-order valence-electron chi connectivity index (χ1n) is 7.13. The first-order chi connectivity index (χ1) is 10.9. The fourth-order valence-electron chi connectivity index (χ4n) is 2.79. The standard InChI is InChI=1S/C16H18N4O3/c1-8-11-12(9-4-6-10(7-5-9)20(2)3)13(14(17)21)16(22)23-15(11)19-18-8/h4-7,12,22H,1-3H3,(H2,17,21)(H,18,19). The van der Waals surface area contributed by atoms with Gasteiger partial charge in [-0.3, -0.25) is 9.89 Å². The molecule has 1 unspecified atom stereocenters. The third kappa shape index (κ3) is 2.40. The van der Waals surface area contributed by atoms with Gasteiger partial charge in [-0.15, -0.1) is 5.10 Å². The van der Waals surface area contributed by atoms with E-state index in [1.165, 1.54) is 0 Å². The Labute approximate surface area is 133 Å². The van der Waals surface area contributed by atoms with Gasteiger partial charge in [0.05, 0.1) is 5.92 Å². The van der Waals surface area contributed by atoms with Crippen LogP contribution >= 0.6 is 0 Å². The number of nitrogens with zero attached hydrogens (tertiary/aromatic N) is 2. The molecule has 0 radical (unpaired) electrons. The molecule has 1 amide bonds. The summed E-state index contributed by atoms with van der Waals surface area (Å²) in [6, 6.07) is 7.68. The molecule has 2 heterocycles. The number of hydrogen-bond donors (Lipinski definition) is 3. The van der Waals surface area contributed by atoms with Gasteiger partial charge in [0.15, 0.2) is 0 Å². The van der Waals surface area contributed by atoms with E-state index in [4.69, 9.17) is 10.5 Å². The van der Waals surface area contributed by atoms with Crippen LogP contribution in [0.5, 0.6) is 5.88 Å². The lowest BCUT2D eigenvalue weighted by molar-refractivity contribution is -0.115. The van der Waals surface area contributed by atoms with Gasteiger partial charge in [-0.05, 0) is 24.6 Å². The molecule has 1 aliphatic rings. The number of aromatic amines is 1. The number of benzene rings is 1. The molecule has 7 nitrogen and oxygen atoms in total. The molecule has 1 aromatic heterocycles. The van der Waals surface area contributed by atoms with Crippen LogP contribution in [0.15, 0.2) is 35.8 Å². The lowest BCUT2D eigenvalue weighted by Crippen LogP contribution is -2.27. The molecule has 0 aliphatic carbocycles. The van der Waals surface area contributed by atoms with Crippen molar-refractivity contribution in [3.63, 3.8) is 0 Å². The van der Waals surface area contributed by atoms with E-state index in [1.807, 2.05) is 50.2 Å². The Morgan fingerprint density at radius 2 is 2.00 bits per heavy atom. The summed E-state index contributed by atoms with van der Waals surface area (Å²) in [6.45, 7) is 1.83. The van der Waals surface area contributed by atoms with Gasteiger partial charge in [-0.2, -0.15) is 0 Å². The smallest absolute Gasteiger partial charge is 0.293 e. The SMILES string of the molecule is Cc1[nH]nc2c1C(c1ccc(N(C)C)cc1)C(C(N)=O)=C(O)O2. The lowest BCUT2D eigenvalue weighted by atomic mass is 9.83. The summed E-state index contributed by atoms with van der Waals surface area (Å²) in [5.41, 5.74) is 8.80. The van der Waals surface area contributed by atoms with Crippen LogP contribution in [0.1, 0.15) is 22.7 Å². The monoisotopic (exact) mass is 314 g/mol. The van der Waals surface area contributed by atoms with Crippen molar-refractivity contribution in [2.45, 2.75) is 12.8 Å². The molecular formula is C16H18N4O3. The molecule has 0 bridgehead atoms. The number of nitrogens with two attached hydrogens (primary N) is 1. The first kappa shape index (κ1) is 15.0. The Bertz CT molecular complexity index is 790. The maximum atomic E-state index is 11.9. The van der Waals surface area contributed by atoms with Crippen molar-refractivity contribution in [1.29, 1.82) is 0 Å². The quantitative estimate of drug-likeness (QED) is 0.797. The molecule has 1 aromatic carbocycles. The maximum Gasteiger partial charge on any atom is 0.293 e. The van der Waals surface area contributed by atoms with Crippen molar-refractivity contribution >= 4 is 11.6 Å². The van der Waals surface area contributed by atoms with Gasteiger partial charge in [-0.1, -0.05) is 12.1 Å². The average molecular weight is 314 g/mol. The van der Waals surface area contributed by atoms with Gasteiger partial charge in [-0.25, -0.2) is 0 Å². The van der Waals surface area contributed by atoms with E-state index in [9.17, 15) is 9.90 Å². The number of aryl methyl sites for hydroxylation is 1. The second-order valence-corrected chi connectivity index (χ2v) is 5.67. The molecule has 0 saturated carbocycles. The highest BCUT2D eigenvalue weighted by Crippen LogP contribution is 2.43. The normalized spacial score (nSPS) is 16.7. The summed E-state index contributed by atoms with van der Waals surface area (Å²) < 4.78 is 5.22. The molecule has 2 aromatic rings. The number of ether oxygens (including phenoxy) is 1. The first-order valence-corrected chi connectivity index (χ1v) is 7.13. The second-order valence-electron chi connectivity index (χ2n) is 5.67. The Morgan fingerprint density at radius 3 is 2.57 bits per heavy atom. The Morgan fingerprint density at radius 1 is 1.35 bits per heavy atom. The third-order valence-electron chi connectivity index (χ3n) is 3.97. The maximum absolute atomic E-state index is 11.9. The third-order valence-corrected chi connectivity index (χ3v) is 3.97. The number of H-pyrrole nitrogens is 1. The number of fused-ring (bicyclic) bond motifs is 1. The van der Waals surface area contributed by atoms with E-state index in [2.05, 4.69) is 10.2 Å². The summed E-state index contributed by atoms with van der Waals surface area (Å²) in [6.07, 6.45) is 0. The molecule has 3 rings (SSSR count). The van der Waals surface area contributed by atoms with Gasteiger partial charge < -0.3 is 20.5 Å². The van der Waals surface area contributed by atoms with E-state index >= 15 is 0 Å². The largest absolute Gasteiger partial charge is 0.480 e. The van der Waals surface area contributed by atoms with Gasteiger partial charge in [0.2, 0.25) is 5.88 Å². The molecule has 0 saturated heterocycles. The van der Waals surface area contributed by atoms with Crippen LogP contribution in [0.3, 0.4) is 0 Å². The second kappa shape index (κ2) is 5.35. The van der Waals surface area contributed by atoms with Crippen LogP contribution in [0.2, 0.25) is 0 Å². The minimum Gasteiger partial charge on any atom is -0.480 e. The summed E-state index contributed by atoms with van der Waals surface area (Å²) in [4.78, 5) is 13.8. The predicted octanol–water partition coefficient (Wildman–Crippen LogP) is 1.56. The Kier molecular flexibility index (Phi) is 3.48. The number of hydrogen-bond acceptors (Lipinski definition) is 5. The number of aromatic nitrogens is 2. The van der Waals surface area contributed by atoms with E-state index in [1.54, 1.807) is 0 Å². The number of rotatable bonds is 3. The molecule has 120 valence electrons. The summed E-state index contributed by atoms with van der Waals surface area (Å²) in [5.74, 6) is -1.49. The highest BCUT2D eigenvalue weighted by molar-refractivity contribution is 5.95. The van der Waals surface area contributed by atoms with Gasteiger partial charge in [0.25, 0.3) is 11.9 Å². The Balaban J connectivity index is 2.16. The van der Waals surface area contributed by atoms with Crippen molar-refractivity contribution in [2.24, 2.45) is 5.73 Å². The van der Waals surface area contributed by atoms with Gasteiger partial charge >= 0.3 is 0 Å². The number of primary amides is 1. The van der Waals surface area contributed by atoms with E-state index in [0.717, 1.165) is 16.9 Å². The summed E-state index contributed by atoms with van der Waals surface area (Å²) in [7, 11) is 3.89. The van der Waals surface area contributed by atoms with Crippen LogP contribution in [0.25, 0.3) is 0 Å². The molecule has 1 atom stereocenters. The minimum atomic E-state index is -0.726. The van der Waals surface area contributed by atoms with Crippen molar-refractivity contribution in [1.82, 2.24) is 10.2 Å². The van der Waals surface area contributed by atoms with Crippen LogP contribution in [0.4, 0.5) is 5.69 Å². The van der Waals surface area contributed by atoms with Crippen LogP contribution in [0, 0.1) is 6.92 Å². The van der Waals surface area contributed by atoms with Gasteiger partial charge in [0, 0.05) is 31.0 Å². The van der Waals surface area contributed by atoms with E-state index in [0.29, 0.717) is 5.56 Å². The van der Waals surface area contributed by atoms with Crippen molar-refractivity contribution in [2.75, 3.05) is 19.0 Å². The zero-order valence-electron chi connectivity index (χ0n) is 13.1. The van der Waals surface area contributed by atoms with Crippen LogP contribution in [-0.4, -0.2) is 35.3 Å². The minimum absolute atomic E-state index is 0.0274. The molecule has 1 aliphatic heterocycles. The fraction of sp³-hybridized carbons (Fsp3) is 0.250. The topological polar surface area (TPSA) is 104 Å². The zero-order valence-corrected chi connectivity index (χ0v) is 13.1. The van der Waals surface area contributed by atoms with Gasteiger partial charge in [0.1, 0.15) is 5.57 Å². The molecular weight excluding hydrogens is 296 g/mol. The fourth-order valence-corrected chi connectivity index (χ4v) is 2.79. The number of aliphatic hydroxyl groups is 1. The molecule has 7 heteroatoms. The Hall–Kier alpha value is -2.96. The van der Waals surface area contributed by atoms with Crippen molar-refractivity contribution in [3.05, 3.63) is 52.6 Å². The summed E-state index contributed by atoms with van der Waals surface area (Å²) in [5, 5.41) is 16.9. The van der Waals surface area contributed by atoms with Crippen LogP contribution < -0.4 is 15.4 Å². The zero-order chi connectivity index (χ0) is 16.7. The highest BCUT2D eigenvalue weighted by atomic mass is 16.6.